The van der Waals surface area contributed by atoms with Crippen LogP contribution in [0.3, 0.4) is 0 Å². The summed E-state index contributed by atoms with van der Waals surface area (Å²) in [4.78, 5) is 10.8. The molecule has 0 amide bonds. The van der Waals surface area contributed by atoms with Gasteiger partial charge in [-0.3, -0.25) is 4.68 Å². The van der Waals surface area contributed by atoms with Crippen LogP contribution in [-0.4, -0.2) is 27.5 Å². The summed E-state index contributed by atoms with van der Waals surface area (Å²) in [6.07, 6.45) is 3.09. The Morgan fingerprint density at radius 1 is 1.67 bits per heavy atom. The topological polar surface area (TPSA) is 64.4 Å². The Labute approximate surface area is 87.7 Å². The van der Waals surface area contributed by atoms with Gasteiger partial charge in [0.1, 0.15) is 11.8 Å². The van der Waals surface area contributed by atoms with Crippen molar-refractivity contribution in [1.29, 1.82) is 0 Å². The van der Waals surface area contributed by atoms with E-state index in [2.05, 4.69) is 5.10 Å². The highest BCUT2D eigenvalue weighted by Gasteiger charge is 2.21. The van der Waals surface area contributed by atoms with E-state index in [0.717, 1.165) is 31.6 Å². The van der Waals surface area contributed by atoms with Crippen molar-refractivity contribution in [3.05, 3.63) is 17.5 Å². The number of carboxylic acid groups (broad SMARTS) is 1. The van der Waals surface area contributed by atoms with Crippen LogP contribution in [0.4, 0.5) is 0 Å². The summed E-state index contributed by atoms with van der Waals surface area (Å²) in [5.41, 5.74) is 0.939. The molecule has 2 rings (SSSR count). The molecule has 5 heteroatoms. The van der Waals surface area contributed by atoms with Gasteiger partial charge in [0.15, 0.2) is 0 Å². The maximum Gasteiger partial charge on any atom is 0.354 e. The minimum atomic E-state index is -0.952. The van der Waals surface area contributed by atoms with Crippen LogP contribution < -0.4 is 0 Å². The minimum absolute atomic E-state index is 0.0296. The maximum absolute atomic E-state index is 10.8. The lowest BCUT2D eigenvalue weighted by Gasteiger charge is -2.20. The van der Waals surface area contributed by atoms with Gasteiger partial charge in [0.05, 0.1) is 5.69 Å². The minimum Gasteiger partial charge on any atom is -0.477 e. The summed E-state index contributed by atoms with van der Waals surface area (Å²) in [6.45, 7) is 0.740. The smallest absolute Gasteiger partial charge is 0.354 e. The van der Waals surface area contributed by atoms with Crippen LogP contribution in [0.5, 0.6) is 0 Å². The number of carbonyl (C=O) groups is 1. The lowest BCUT2D eigenvalue weighted by atomic mass is 10.1. The van der Waals surface area contributed by atoms with Gasteiger partial charge < -0.3 is 9.84 Å². The van der Waals surface area contributed by atoms with Crippen molar-refractivity contribution < 1.29 is 14.6 Å². The Balaban J connectivity index is 2.21. The molecule has 1 aliphatic heterocycles. The van der Waals surface area contributed by atoms with Crippen LogP contribution in [0.25, 0.3) is 0 Å². The Kier molecular flexibility index (Phi) is 2.73. The first-order valence-corrected chi connectivity index (χ1v) is 5.07. The fourth-order valence-electron chi connectivity index (χ4n) is 1.82. The Bertz CT molecular complexity index is 367. The standard InChI is InChI=1S/C10H14N2O3/c1-12-8(10(13)14)6-7(11-12)9-4-2-3-5-15-9/h6,9H,2-5H2,1H3,(H,13,14). The SMILES string of the molecule is Cn1nc(C2CCCCO2)cc1C(=O)O. The third-order valence-corrected chi connectivity index (χ3v) is 2.63. The van der Waals surface area contributed by atoms with Crippen molar-refractivity contribution in [2.24, 2.45) is 7.05 Å². The molecule has 1 unspecified atom stereocenters. The van der Waals surface area contributed by atoms with Crippen LogP contribution in [0.1, 0.15) is 41.5 Å². The van der Waals surface area contributed by atoms with E-state index in [4.69, 9.17) is 9.84 Å². The molecule has 1 aromatic rings. The highest BCUT2D eigenvalue weighted by molar-refractivity contribution is 5.85. The number of aromatic nitrogens is 2. The van der Waals surface area contributed by atoms with Crippen LogP contribution in [0.2, 0.25) is 0 Å². The zero-order valence-corrected chi connectivity index (χ0v) is 8.64. The molecule has 1 atom stereocenters. The first kappa shape index (κ1) is 10.2. The average molecular weight is 210 g/mol. The Hall–Kier alpha value is -1.36. The number of aryl methyl sites for hydroxylation is 1. The average Bonchev–Trinajstić information content (AvgIpc) is 2.62. The highest BCUT2D eigenvalue weighted by Crippen LogP contribution is 2.27. The van der Waals surface area contributed by atoms with Gasteiger partial charge in [-0.2, -0.15) is 5.10 Å². The fraction of sp³-hybridized carbons (Fsp3) is 0.600. The van der Waals surface area contributed by atoms with Gasteiger partial charge in [-0.1, -0.05) is 0 Å². The second-order valence-corrected chi connectivity index (χ2v) is 3.74. The molecule has 5 nitrogen and oxygen atoms in total. The van der Waals surface area contributed by atoms with Crippen molar-refractivity contribution in [3.63, 3.8) is 0 Å². The Morgan fingerprint density at radius 3 is 3.00 bits per heavy atom. The first-order chi connectivity index (χ1) is 7.18. The molecule has 15 heavy (non-hydrogen) atoms. The van der Waals surface area contributed by atoms with E-state index < -0.39 is 5.97 Å². The van der Waals surface area contributed by atoms with Gasteiger partial charge >= 0.3 is 5.97 Å². The van der Waals surface area contributed by atoms with Gasteiger partial charge in [0, 0.05) is 13.7 Å². The lowest BCUT2D eigenvalue weighted by Crippen LogP contribution is -2.12. The van der Waals surface area contributed by atoms with Crippen LogP contribution >= 0.6 is 0 Å². The van der Waals surface area contributed by atoms with Crippen molar-refractivity contribution in [3.8, 4) is 0 Å². The number of aromatic carboxylic acids is 1. The third kappa shape index (κ3) is 2.02. The maximum atomic E-state index is 10.8. The van der Waals surface area contributed by atoms with Crippen LogP contribution in [-0.2, 0) is 11.8 Å². The van der Waals surface area contributed by atoms with Crippen LogP contribution in [0, 0.1) is 0 Å². The predicted octanol–water partition coefficient (Wildman–Crippen LogP) is 1.36. The van der Waals surface area contributed by atoms with E-state index in [0.29, 0.717) is 0 Å². The van der Waals surface area contributed by atoms with E-state index in [1.165, 1.54) is 4.68 Å². The molecular formula is C10H14N2O3. The number of hydrogen-bond acceptors (Lipinski definition) is 3. The second kappa shape index (κ2) is 4.02. The predicted molar refractivity (Wildman–Crippen MR) is 52.7 cm³/mol. The fourth-order valence-corrected chi connectivity index (χ4v) is 1.82. The molecule has 1 saturated heterocycles. The monoisotopic (exact) mass is 210 g/mol. The number of nitrogens with zero attached hydrogens (tertiary/aromatic N) is 2. The molecule has 0 aliphatic carbocycles. The van der Waals surface area contributed by atoms with E-state index in [1.807, 2.05) is 0 Å². The molecule has 0 bridgehead atoms. The summed E-state index contributed by atoms with van der Waals surface area (Å²) in [5.74, 6) is -0.952. The molecule has 1 fully saturated rings. The molecule has 1 N–H and O–H groups in total. The largest absolute Gasteiger partial charge is 0.477 e. The zero-order chi connectivity index (χ0) is 10.8. The van der Waals surface area contributed by atoms with Crippen molar-refractivity contribution >= 4 is 5.97 Å². The molecule has 82 valence electrons. The normalized spacial score (nSPS) is 21.5. The third-order valence-electron chi connectivity index (χ3n) is 2.63. The number of carboxylic acids is 1. The zero-order valence-electron chi connectivity index (χ0n) is 8.64. The quantitative estimate of drug-likeness (QED) is 0.800. The molecule has 0 saturated carbocycles. The number of ether oxygens (including phenoxy) is 1. The lowest BCUT2D eigenvalue weighted by molar-refractivity contribution is 0.0120. The number of hydrogen-bond donors (Lipinski definition) is 1. The van der Waals surface area contributed by atoms with Gasteiger partial charge in [-0.05, 0) is 25.3 Å². The number of rotatable bonds is 2. The van der Waals surface area contributed by atoms with Gasteiger partial charge in [0.25, 0.3) is 0 Å². The summed E-state index contributed by atoms with van der Waals surface area (Å²) in [7, 11) is 1.63. The van der Waals surface area contributed by atoms with Crippen molar-refractivity contribution in [1.82, 2.24) is 9.78 Å². The van der Waals surface area contributed by atoms with Gasteiger partial charge in [0.2, 0.25) is 0 Å². The van der Waals surface area contributed by atoms with E-state index in [9.17, 15) is 4.79 Å². The molecule has 0 aromatic carbocycles. The van der Waals surface area contributed by atoms with E-state index in [1.54, 1.807) is 13.1 Å². The molecular weight excluding hydrogens is 196 g/mol. The van der Waals surface area contributed by atoms with Gasteiger partial charge in [-0.25, -0.2) is 4.79 Å². The molecule has 2 heterocycles. The summed E-state index contributed by atoms with van der Waals surface area (Å²) in [6, 6.07) is 1.60. The van der Waals surface area contributed by atoms with Gasteiger partial charge in [-0.15, -0.1) is 0 Å². The van der Waals surface area contributed by atoms with E-state index in [-0.39, 0.29) is 11.8 Å². The molecule has 0 spiro atoms. The second-order valence-electron chi connectivity index (χ2n) is 3.74. The summed E-state index contributed by atoms with van der Waals surface area (Å²) in [5, 5.41) is 13.0. The molecule has 1 aliphatic rings. The molecule has 1 aromatic heterocycles. The first-order valence-electron chi connectivity index (χ1n) is 5.07. The van der Waals surface area contributed by atoms with Crippen molar-refractivity contribution in [2.45, 2.75) is 25.4 Å². The van der Waals surface area contributed by atoms with E-state index >= 15 is 0 Å². The van der Waals surface area contributed by atoms with Crippen molar-refractivity contribution in [2.75, 3.05) is 6.61 Å². The Morgan fingerprint density at radius 2 is 2.47 bits per heavy atom. The highest BCUT2D eigenvalue weighted by atomic mass is 16.5. The summed E-state index contributed by atoms with van der Waals surface area (Å²) < 4.78 is 6.93. The summed E-state index contributed by atoms with van der Waals surface area (Å²) >= 11 is 0. The molecule has 0 radical (unpaired) electrons. The van der Waals surface area contributed by atoms with Crippen LogP contribution in [0.15, 0.2) is 6.07 Å².